The lowest BCUT2D eigenvalue weighted by Crippen LogP contribution is -2.47. The molecule has 0 unspecified atom stereocenters. The Balaban J connectivity index is 0.000000448. The van der Waals surface area contributed by atoms with E-state index in [1.807, 2.05) is 0 Å². The Hall–Kier alpha value is -2.02. The first-order chi connectivity index (χ1) is 31.2. The Labute approximate surface area is 399 Å². The third-order valence-electron chi connectivity index (χ3n) is 13.3. The molecule has 1 aromatic carbocycles. The predicted octanol–water partition coefficient (Wildman–Crippen LogP) is 10.5. The molecule has 0 amide bonds. The highest BCUT2D eigenvalue weighted by molar-refractivity contribution is 8.13. The van der Waals surface area contributed by atoms with Crippen LogP contribution in [0, 0.1) is 20.8 Å². The number of sulfonamides is 4. The number of hydrogen-bond acceptors (Lipinski definition) is 8. The minimum atomic E-state index is -6.72. The molecule has 0 aromatic heterocycles. The maximum atomic E-state index is 11.4. The molecule has 4 rings (SSSR count). The zero-order chi connectivity index (χ0) is 53.3. The van der Waals surface area contributed by atoms with Gasteiger partial charge in [-0.15, -0.1) is 0 Å². The zero-order valence-corrected chi connectivity index (χ0v) is 42.9. The average Bonchev–Trinajstić information content (AvgIpc) is 3.99. The largest absolute Gasteiger partial charge is 0.480 e. The van der Waals surface area contributed by atoms with Gasteiger partial charge in [0.2, 0.25) is 0 Å². The lowest BCUT2D eigenvalue weighted by molar-refractivity contribution is -0.931. The van der Waals surface area contributed by atoms with Gasteiger partial charge in [-0.3, -0.25) is 0 Å². The molecule has 0 atom stereocenters. The van der Waals surface area contributed by atoms with Crippen molar-refractivity contribution in [2.45, 2.75) is 160 Å². The van der Waals surface area contributed by atoms with Crippen molar-refractivity contribution < 1.29 is 99.8 Å². The molecule has 29 heteroatoms. The summed E-state index contributed by atoms with van der Waals surface area (Å²) in [5, 5.41) is 0. The van der Waals surface area contributed by atoms with Crippen LogP contribution >= 0.6 is 0 Å². The van der Waals surface area contributed by atoms with Crippen LogP contribution in [0.4, 0.5) is 52.7 Å². The number of likely N-dealkylation sites (tertiary alicyclic amines) is 3. The van der Waals surface area contributed by atoms with Crippen LogP contribution in [0.15, 0.2) is 0 Å². The Morgan fingerprint density at radius 3 is 0.696 bits per heavy atom. The van der Waals surface area contributed by atoms with E-state index >= 15 is 0 Å². The van der Waals surface area contributed by atoms with Gasteiger partial charge in [0.25, 0.3) is 0 Å². The van der Waals surface area contributed by atoms with Crippen LogP contribution in [-0.2, 0) is 59.7 Å². The number of halogens is 12. The van der Waals surface area contributed by atoms with E-state index in [1.54, 1.807) is 33.4 Å². The molecule has 3 fully saturated rings. The molecule has 0 bridgehead atoms. The molecule has 3 aliphatic rings. The Morgan fingerprint density at radius 2 is 0.551 bits per heavy atom. The van der Waals surface area contributed by atoms with Crippen molar-refractivity contribution >= 4 is 40.1 Å². The van der Waals surface area contributed by atoms with Gasteiger partial charge in [-0.1, -0.05) is 40.0 Å². The third-order valence-corrected chi connectivity index (χ3v) is 18.7. The second kappa shape index (κ2) is 23.9. The van der Waals surface area contributed by atoms with Gasteiger partial charge in [0.1, 0.15) is 19.6 Å². The highest BCUT2D eigenvalue weighted by Gasteiger charge is 2.48. The fourth-order valence-corrected chi connectivity index (χ4v) is 12.8. The fourth-order valence-electron chi connectivity index (χ4n) is 9.42. The van der Waals surface area contributed by atoms with E-state index in [0.717, 1.165) is 8.25 Å². The molecular formula is C40H66F12N5O8S4+. The Kier molecular flexibility index (Phi) is 21.8. The number of unbranched alkanes of at least 4 members (excludes halogenated alkanes) is 3. The van der Waals surface area contributed by atoms with Crippen LogP contribution in [0.1, 0.15) is 131 Å². The summed E-state index contributed by atoms with van der Waals surface area (Å²) in [5.41, 5.74) is -14.4. The van der Waals surface area contributed by atoms with E-state index in [0.29, 0.717) is 0 Å². The second-order valence-electron chi connectivity index (χ2n) is 18.3. The van der Waals surface area contributed by atoms with Gasteiger partial charge in [-0.25, -0.2) is 33.7 Å². The first kappa shape index (κ1) is 63.1. The molecule has 69 heavy (non-hydrogen) atoms. The SMILES string of the molecule is CCCC[N+]1(Cc2c(C)c(C[N+]3(CCCC)CCCC3)c(C)c(C[N+]3(CCCC)CCCC3)c2C)CCCC1.O=S(=O)([N-]S(=O)(=O)C(F)(F)F)C(F)(F)F.O=S(=O)([N-]S(=O)(=O)C(F)(F)F)C(F)(F)F. The summed E-state index contributed by atoms with van der Waals surface area (Å²) in [5.74, 6) is 0. The zero-order valence-electron chi connectivity index (χ0n) is 39.6. The standard InChI is InChI=1S/C36H66N3.2C2F6NO4S2/c1-7-10-19-37(22-13-14-23-37)28-34-31(4)35(29-38(20-11-8-2)24-15-16-25-38)33(6)36(32(34)5)30-39(21-12-9-3)26-17-18-27-39;2*3-1(4,5)14(10,11)9-15(12,13)2(6,7)8/h7-30H2,1-6H3;;/q+3;2*-1. The van der Waals surface area contributed by atoms with Crippen molar-refractivity contribution in [3.05, 3.63) is 41.6 Å². The fraction of sp³-hybridized carbons (Fsp3) is 0.850. The van der Waals surface area contributed by atoms with Gasteiger partial charge in [0.05, 0.1) is 58.9 Å². The second-order valence-corrected chi connectivity index (χ2v) is 25.2. The first-order valence-electron chi connectivity index (χ1n) is 22.6. The molecular weight excluding hydrogens is 1030 g/mol. The van der Waals surface area contributed by atoms with E-state index < -0.39 is 62.1 Å². The smallest absolute Gasteiger partial charge is 0.421 e. The molecule has 0 saturated carbocycles. The molecule has 0 radical (unpaired) electrons. The number of rotatable bonds is 19. The summed E-state index contributed by atoms with van der Waals surface area (Å²) in [6.45, 7) is 31.3. The maximum Gasteiger partial charge on any atom is 0.480 e. The van der Waals surface area contributed by atoms with Crippen molar-refractivity contribution in [2.24, 2.45) is 0 Å². The number of hydrogen-bond donors (Lipinski definition) is 0. The van der Waals surface area contributed by atoms with Crippen molar-refractivity contribution in [1.29, 1.82) is 0 Å². The van der Waals surface area contributed by atoms with Crippen molar-refractivity contribution in [3.63, 3.8) is 0 Å². The number of benzene rings is 1. The minimum absolute atomic E-state index is 0.778. The van der Waals surface area contributed by atoms with Gasteiger partial charge < -0.3 is 21.7 Å². The molecule has 0 N–H and O–H groups in total. The molecule has 3 aliphatic heterocycles. The van der Waals surface area contributed by atoms with Crippen LogP contribution in [0.3, 0.4) is 0 Å². The number of nitrogens with zero attached hydrogens (tertiary/aromatic N) is 5. The monoisotopic (exact) mass is 1100 g/mol. The summed E-state index contributed by atoms with van der Waals surface area (Å²) in [6.07, 6.45) is 16.7. The highest BCUT2D eigenvalue weighted by atomic mass is 32.3. The van der Waals surface area contributed by atoms with Crippen LogP contribution in [0.5, 0.6) is 0 Å². The van der Waals surface area contributed by atoms with E-state index in [9.17, 15) is 86.4 Å². The molecule has 0 spiro atoms. The van der Waals surface area contributed by atoms with E-state index in [1.165, 1.54) is 169 Å². The van der Waals surface area contributed by atoms with E-state index in [2.05, 4.69) is 41.5 Å². The minimum Gasteiger partial charge on any atom is -0.421 e. The predicted molar refractivity (Wildman–Crippen MR) is 235 cm³/mol. The summed E-state index contributed by atoms with van der Waals surface area (Å²) in [4.78, 5) is 0. The quantitative estimate of drug-likeness (QED) is 0.0976. The molecule has 3 saturated heterocycles. The molecule has 3 heterocycles. The highest BCUT2D eigenvalue weighted by Crippen LogP contribution is 2.40. The van der Waals surface area contributed by atoms with Gasteiger partial charge >= 0.3 is 22.0 Å². The van der Waals surface area contributed by atoms with Gasteiger partial charge in [-0.2, -0.15) is 52.7 Å². The van der Waals surface area contributed by atoms with Crippen LogP contribution in [0.25, 0.3) is 8.25 Å². The summed E-state index contributed by atoms with van der Waals surface area (Å²) in [7, 11) is -26.9. The van der Waals surface area contributed by atoms with Gasteiger partial charge in [-0.05, 0) is 56.7 Å². The summed E-state index contributed by atoms with van der Waals surface area (Å²) < 4.78 is 222. The lowest BCUT2D eigenvalue weighted by atomic mass is 9.86. The molecule has 0 aliphatic carbocycles. The van der Waals surface area contributed by atoms with Crippen LogP contribution in [-0.4, -0.2) is 128 Å². The summed E-state index contributed by atoms with van der Waals surface area (Å²) >= 11 is 0. The van der Waals surface area contributed by atoms with Gasteiger partial charge in [0, 0.05) is 55.2 Å². The average molecular weight is 1100 g/mol. The van der Waals surface area contributed by atoms with E-state index in [4.69, 9.17) is 0 Å². The third kappa shape index (κ3) is 16.8. The van der Waals surface area contributed by atoms with Crippen LogP contribution in [0.2, 0.25) is 0 Å². The Morgan fingerprint density at radius 1 is 0.377 bits per heavy atom. The first-order valence-corrected chi connectivity index (χ1v) is 28.4. The maximum absolute atomic E-state index is 11.4. The number of alkyl halides is 12. The normalized spacial score (nSPS) is 18.9. The molecule has 13 nitrogen and oxygen atoms in total. The van der Waals surface area contributed by atoms with Crippen molar-refractivity contribution in [1.82, 2.24) is 0 Å². The lowest BCUT2D eigenvalue weighted by Gasteiger charge is -2.40. The van der Waals surface area contributed by atoms with Crippen molar-refractivity contribution in [3.8, 4) is 0 Å². The van der Waals surface area contributed by atoms with Crippen molar-refractivity contribution in [2.75, 3.05) is 58.9 Å². The molecule has 406 valence electrons. The van der Waals surface area contributed by atoms with Gasteiger partial charge in [0.15, 0.2) is 40.1 Å². The number of quaternary nitrogens is 3. The topological polar surface area (TPSA) is 165 Å². The van der Waals surface area contributed by atoms with E-state index in [-0.39, 0.29) is 0 Å². The summed E-state index contributed by atoms with van der Waals surface area (Å²) in [6, 6.07) is 0. The molecule has 1 aromatic rings. The Bertz CT molecular complexity index is 2000. The van der Waals surface area contributed by atoms with Crippen LogP contribution < -0.4 is 0 Å².